The SMILES string of the molecule is COCCCS(=O)(=O)N(CCO)C1CCCC1. The standard InChI is InChI=1S/C11H23NO4S/c1-16-9-4-10-17(14,15)12(7-8-13)11-5-2-3-6-11/h11,13H,2-10H2,1H3. The topological polar surface area (TPSA) is 66.8 Å². The van der Waals surface area contributed by atoms with Crippen molar-refractivity contribution in [1.29, 1.82) is 0 Å². The molecule has 0 atom stereocenters. The van der Waals surface area contributed by atoms with Gasteiger partial charge in [-0.2, -0.15) is 4.31 Å². The molecule has 1 N–H and O–H groups in total. The summed E-state index contributed by atoms with van der Waals surface area (Å²) in [6.07, 6.45) is 4.51. The van der Waals surface area contributed by atoms with Gasteiger partial charge in [-0.1, -0.05) is 12.8 Å². The van der Waals surface area contributed by atoms with E-state index in [0.29, 0.717) is 13.0 Å². The monoisotopic (exact) mass is 265 g/mol. The lowest BCUT2D eigenvalue weighted by atomic mass is 10.2. The van der Waals surface area contributed by atoms with Crippen LogP contribution in [0.1, 0.15) is 32.1 Å². The van der Waals surface area contributed by atoms with E-state index in [2.05, 4.69) is 0 Å². The van der Waals surface area contributed by atoms with Crippen LogP contribution < -0.4 is 0 Å². The average molecular weight is 265 g/mol. The number of aliphatic hydroxyl groups excluding tert-OH is 1. The Bertz CT molecular complexity index is 299. The van der Waals surface area contributed by atoms with Crippen LogP contribution in [0.4, 0.5) is 0 Å². The highest BCUT2D eigenvalue weighted by atomic mass is 32.2. The zero-order valence-electron chi connectivity index (χ0n) is 10.5. The summed E-state index contributed by atoms with van der Waals surface area (Å²) < 4.78 is 30.6. The molecule has 0 bridgehead atoms. The fraction of sp³-hybridized carbons (Fsp3) is 1.00. The van der Waals surface area contributed by atoms with Gasteiger partial charge in [-0.3, -0.25) is 0 Å². The van der Waals surface area contributed by atoms with Gasteiger partial charge in [0, 0.05) is 26.3 Å². The van der Waals surface area contributed by atoms with Gasteiger partial charge in [0.25, 0.3) is 0 Å². The maximum atomic E-state index is 12.1. The molecule has 0 spiro atoms. The molecule has 5 nitrogen and oxygen atoms in total. The van der Waals surface area contributed by atoms with Gasteiger partial charge in [0.05, 0.1) is 12.4 Å². The van der Waals surface area contributed by atoms with Crippen molar-refractivity contribution in [3.05, 3.63) is 0 Å². The summed E-state index contributed by atoms with van der Waals surface area (Å²) in [5, 5.41) is 9.00. The molecule has 0 aromatic carbocycles. The molecule has 1 aliphatic carbocycles. The third-order valence-corrected chi connectivity index (χ3v) is 5.16. The van der Waals surface area contributed by atoms with Gasteiger partial charge < -0.3 is 9.84 Å². The highest BCUT2D eigenvalue weighted by Crippen LogP contribution is 2.25. The lowest BCUT2D eigenvalue weighted by Crippen LogP contribution is -2.42. The zero-order valence-corrected chi connectivity index (χ0v) is 11.3. The van der Waals surface area contributed by atoms with Crippen LogP contribution in [0.25, 0.3) is 0 Å². The number of aliphatic hydroxyl groups is 1. The molecule has 0 unspecified atom stereocenters. The predicted octanol–water partition coefficient (Wildman–Crippen LogP) is 0.590. The Morgan fingerprint density at radius 3 is 2.53 bits per heavy atom. The second-order valence-corrected chi connectivity index (χ2v) is 6.48. The quantitative estimate of drug-likeness (QED) is 0.652. The Morgan fingerprint density at radius 2 is 2.00 bits per heavy atom. The molecule has 17 heavy (non-hydrogen) atoms. The van der Waals surface area contributed by atoms with Crippen LogP contribution in [0.15, 0.2) is 0 Å². The maximum absolute atomic E-state index is 12.1. The minimum atomic E-state index is -3.25. The van der Waals surface area contributed by atoms with Gasteiger partial charge in [0.15, 0.2) is 0 Å². The minimum absolute atomic E-state index is 0.0923. The molecule has 0 amide bonds. The van der Waals surface area contributed by atoms with E-state index in [1.54, 1.807) is 7.11 Å². The van der Waals surface area contributed by atoms with Crippen molar-refractivity contribution in [2.24, 2.45) is 0 Å². The Hall–Kier alpha value is -0.170. The Labute approximate surface area is 104 Å². The van der Waals surface area contributed by atoms with Crippen LogP contribution in [0, 0.1) is 0 Å². The first-order chi connectivity index (χ1) is 8.11. The molecule has 1 aliphatic rings. The molecule has 102 valence electrons. The van der Waals surface area contributed by atoms with Crippen LogP contribution >= 0.6 is 0 Å². The highest BCUT2D eigenvalue weighted by molar-refractivity contribution is 7.89. The van der Waals surface area contributed by atoms with Gasteiger partial charge in [-0.15, -0.1) is 0 Å². The summed E-state index contributed by atoms with van der Waals surface area (Å²) in [5.41, 5.74) is 0. The normalized spacial score (nSPS) is 18.1. The summed E-state index contributed by atoms with van der Waals surface area (Å²) >= 11 is 0. The molecule has 1 rings (SSSR count). The van der Waals surface area contributed by atoms with E-state index in [1.807, 2.05) is 0 Å². The maximum Gasteiger partial charge on any atom is 0.214 e. The van der Waals surface area contributed by atoms with E-state index in [1.165, 1.54) is 4.31 Å². The van der Waals surface area contributed by atoms with E-state index in [4.69, 9.17) is 9.84 Å². The first-order valence-electron chi connectivity index (χ1n) is 6.21. The summed E-state index contributed by atoms with van der Waals surface area (Å²) in [6, 6.07) is 0.0923. The lowest BCUT2D eigenvalue weighted by molar-refractivity contribution is 0.197. The molecule has 0 aliphatic heterocycles. The number of hydrogen-bond donors (Lipinski definition) is 1. The number of methoxy groups -OCH3 is 1. The third-order valence-electron chi connectivity index (χ3n) is 3.16. The van der Waals surface area contributed by atoms with E-state index in [-0.39, 0.29) is 24.9 Å². The van der Waals surface area contributed by atoms with Crippen molar-refractivity contribution in [3.8, 4) is 0 Å². The second kappa shape index (κ2) is 7.31. The number of rotatable bonds is 8. The Balaban J connectivity index is 2.60. The molecule has 6 heteroatoms. The molecule has 0 heterocycles. The van der Waals surface area contributed by atoms with Crippen molar-refractivity contribution in [1.82, 2.24) is 4.31 Å². The van der Waals surface area contributed by atoms with E-state index in [0.717, 1.165) is 25.7 Å². The predicted molar refractivity (Wildman–Crippen MR) is 66.3 cm³/mol. The molecule has 1 saturated carbocycles. The smallest absolute Gasteiger partial charge is 0.214 e. The summed E-state index contributed by atoms with van der Waals surface area (Å²) in [5.74, 6) is 0.108. The van der Waals surface area contributed by atoms with Crippen LogP contribution in [-0.2, 0) is 14.8 Å². The largest absolute Gasteiger partial charge is 0.395 e. The lowest BCUT2D eigenvalue weighted by Gasteiger charge is -2.27. The van der Waals surface area contributed by atoms with Gasteiger partial charge in [0.2, 0.25) is 10.0 Å². The van der Waals surface area contributed by atoms with Gasteiger partial charge in [-0.05, 0) is 19.3 Å². The van der Waals surface area contributed by atoms with Gasteiger partial charge in [-0.25, -0.2) is 8.42 Å². The Kier molecular flexibility index (Phi) is 6.40. The zero-order chi connectivity index (χ0) is 12.7. The molecule has 0 aromatic rings. The fourth-order valence-electron chi connectivity index (χ4n) is 2.34. The summed E-state index contributed by atoms with van der Waals surface area (Å²) in [7, 11) is -1.68. The minimum Gasteiger partial charge on any atom is -0.395 e. The number of hydrogen-bond acceptors (Lipinski definition) is 4. The van der Waals surface area contributed by atoms with Crippen LogP contribution in [-0.4, -0.2) is 56.5 Å². The third kappa shape index (κ3) is 4.54. The number of nitrogens with zero attached hydrogens (tertiary/aromatic N) is 1. The van der Waals surface area contributed by atoms with E-state index < -0.39 is 10.0 Å². The Morgan fingerprint density at radius 1 is 1.35 bits per heavy atom. The van der Waals surface area contributed by atoms with Gasteiger partial charge in [0.1, 0.15) is 0 Å². The number of sulfonamides is 1. The van der Waals surface area contributed by atoms with Crippen molar-refractivity contribution in [2.75, 3.05) is 32.6 Å². The number of ether oxygens (including phenoxy) is 1. The second-order valence-electron chi connectivity index (χ2n) is 4.43. The van der Waals surface area contributed by atoms with Gasteiger partial charge >= 0.3 is 0 Å². The molecule has 0 saturated heterocycles. The molecule has 1 fully saturated rings. The first kappa shape index (κ1) is 14.9. The molecule has 0 aromatic heterocycles. The van der Waals surface area contributed by atoms with Crippen molar-refractivity contribution >= 4 is 10.0 Å². The van der Waals surface area contributed by atoms with E-state index in [9.17, 15) is 8.42 Å². The molecule has 0 radical (unpaired) electrons. The summed E-state index contributed by atoms with van der Waals surface area (Å²) in [4.78, 5) is 0. The van der Waals surface area contributed by atoms with Crippen molar-refractivity contribution in [2.45, 2.75) is 38.1 Å². The van der Waals surface area contributed by atoms with Crippen molar-refractivity contribution < 1.29 is 18.3 Å². The van der Waals surface area contributed by atoms with Crippen LogP contribution in [0.3, 0.4) is 0 Å². The first-order valence-corrected chi connectivity index (χ1v) is 7.82. The van der Waals surface area contributed by atoms with Crippen LogP contribution in [0.5, 0.6) is 0 Å². The van der Waals surface area contributed by atoms with E-state index >= 15 is 0 Å². The fourth-order valence-corrected chi connectivity index (χ4v) is 4.08. The molecular formula is C11H23NO4S. The molecular weight excluding hydrogens is 242 g/mol. The average Bonchev–Trinajstić information content (AvgIpc) is 2.79. The highest BCUT2D eigenvalue weighted by Gasteiger charge is 2.30. The van der Waals surface area contributed by atoms with Crippen molar-refractivity contribution in [3.63, 3.8) is 0 Å². The summed E-state index contributed by atoms with van der Waals surface area (Å²) in [6.45, 7) is 0.566. The van der Waals surface area contributed by atoms with Crippen LogP contribution in [0.2, 0.25) is 0 Å².